The molecule has 0 unspecified atom stereocenters. The molecule has 1 saturated heterocycles. The minimum atomic E-state index is -0.215. The summed E-state index contributed by atoms with van der Waals surface area (Å²) in [5.41, 5.74) is 1.27. The summed E-state index contributed by atoms with van der Waals surface area (Å²) in [5.74, 6) is 0.937. The Morgan fingerprint density at radius 3 is 2.74 bits per heavy atom. The van der Waals surface area contributed by atoms with Gasteiger partial charge in [-0.15, -0.1) is 0 Å². The van der Waals surface area contributed by atoms with Crippen molar-refractivity contribution in [2.75, 3.05) is 44.2 Å². The van der Waals surface area contributed by atoms with E-state index in [1.807, 2.05) is 0 Å². The predicted octanol–water partition coefficient (Wildman–Crippen LogP) is 1.94. The quantitative estimate of drug-likeness (QED) is 0.458. The lowest BCUT2D eigenvalue weighted by Crippen LogP contribution is -2.40. The third-order valence-electron chi connectivity index (χ3n) is 4.15. The van der Waals surface area contributed by atoms with Crippen molar-refractivity contribution in [3.05, 3.63) is 30.3 Å². The van der Waals surface area contributed by atoms with Crippen LogP contribution in [0.5, 0.6) is 0 Å². The van der Waals surface area contributed by atoms with E-state index < -0.39 is 0 Å². The Labute approximate surface area is 140 Å². The van der Waals surface area contributed by atoms with Crippen LogP contribution in [-0.2, 0) is 0 Å². The Morgan fingerprint density at radius 2 is 2.13 bits per heavy atom. The second-order valence-corrected chi connectivity index (χ2v) is 5.89. The molecule has 1 aliphatic rings. The lowest BCUT2D eigenvalue weighted by Gasteiger charge is -2.23. The van der Waals surface area contributed by atoms with Crippen molar-refractivity contribution in [1.29, 1.82) is 0 Å². The maximum Gasteiger partial charge on any atom is 0.194 e. The van der Waals surface area contributed by atoms with Crippen molar-refractivity contribution in [2.45, 2.75) is 32.8 Å². The maximum atomic E-state index is 9.69. The fourth-order valence-corrected chi connectivity index (χ4v) is 2.92. The van der Waals surface area contributed by atoms with E-state index >= 15 is 0 Å². The van der Waals surface area contributed by atoms with Crippen LogP contribution in [0.4, 0.5) is 5.69 Å². The van der Waals surface area contributed by atoms with E-state index in [-0.39, 0.29) is 6.10 Å². The molecule has 5 nitrogen and oxygen atoms in total. The number of likely N-dealkylation sites (tertiary alicyclic amines) is 1. The molecule has 0 radical (unpaired) electrons. The van der Waals surface area contributed by atoms with Crippen LogP contribution >= 0.6 is 0 Å². The van der Waals surface area contributed by atoms with Gasteiger partial charge in [0.25, 0.3) is 0 Å². The number of β-amino-alcohol motifs (C(OH)–C–C–N with tert-alkyl or cyclic N) is 1. The summed E-state index contributed by atoms with van der Waals surface area (Å²) in [6.45, 7) is 9.52. The SMILES string of the molecule is CCNC(=NCCCN(CC)c1ccccc1)N1CC[C@@H](O)C1. The van der Waals surface area contributed by atoms with Gasteiger partial charge in [0, 0.05) is 45.0 Å². The molecule has 1 heterocycles. The molecule has 1 aliphatic heterocycles. The van der Waals surface area contributed by atoms with Gasteiger partial charge in [0.15, 0.2) is 5.96 Å². The highest BCUT2D eigenvalue weighted by atomic mass is 16.3. The van der Waals surface area contributed by atoms with Gasteiger partial charge in [0.1, 0.15) is 0 Å². The number of hydrogen-bond acceptors (Lipinski definition) is 3. The van der Waals surface area contributed by atoms with E-state index in [1.54, 1.807) is 0 Å². The predicted molar refractivity (Wildman–Crippen MR) is 97.1 cm³/mol. The van der Waals surface area contributed by atoms with Gasteiger partial charge in [-0.1, -0.05) is 18.2 Å². The molecule has 1 fully saturated rings. The average Bonchev–Trinajstić information content (AvgIpc) is 3.01. The van der Waals surface area contributed by atoms with Crippen molar-refractivity contribution >= 4 is 11.6 Å². The molecule has 2 rings (SSSR count). The van der Waals surface area contributed by atoms with Gasteiger partial charge in [-0.05, 0) is 38.8 Å². The van der Waals surface area contributed by atoms with Gasteiger partial charge in [-0.3, -0.25) is 4.99 Å². The zero-order valence-corrected chi connectivity index (χ0v) is 14.4. The highest BCUT2D eigenvalue weighted by molar-refractivity contribution is 5.80. The Kier molecular flexibility index (Phi) is 7.20. The minimum Gasteiger partial charge on any atom is -0.391 e. The summed E-state index contributed by atoms with van der Waals surface area (Å²) in [6, 6.07) is 10.5. The minimum absolute atomic E-state index is 0.215. The highest BCUT2D eigenvalue weighted by Crippen LogP contribution is 2.13. The van der Waals surface area contributed by atoms with E-state index in [4.69, 9.17) is 4.99 Å². The number of benzene rings is 1. The highest BCUT2D eigenvalue weighted by Gasteiger charge is 2.22. The van der Waals surface area contributed by atoms with Crippen LogP contribution in [0.2, 0.25) is 0 Å². The van der Waals surface area contributed by atoms with Crippen LogP contribution in [0.1, 0.15) is 26.7 Å². The monoisotopic (exact) mass is 318 g/mol. The summed E-state index contributed by atoms with van der Waals surface area (Å²) >= 11 is 0. The lowest BCUT2D eigenvalue weighted by molar-refractivity contribution is 0.188. The average molecular weight is 318 g/mol. The molecule has 5 heteroatoms. The van der Waals surface area contributed by atoms with Gasteiger partial charge in [-0.25, -0.2) is 0 Å². The molecule has 0 saturated carbocycles. The molecule has 1 aromatic rings. The van der Waals surface area contributed by atoms with Crippen molar-refractivity contribution < 1.29 is 5.11 Å². The fraction of sp³-hybridized carbons (Fsp3) is 0.611. The Bertz CT molecular complexity index is 477. The molecular formula is C18H30N4O. The Hall–Kier alpha value is -1.75. The van der Waals surface area contributed by atoms with Crippen LogP contribution in [-0.4, -0.2) is 61.3 Å². The summed E-state index contributed by atoms with van der Waals surface area (Å²) < 4.78 is 0. The largest absolute Gasteiger partial charge is 0.391 e. The smallest absolute Gasteiger partial charge is 0.194 e. The number of aliphatic hydroxyl groups excluding tert-OH is 1. The maximum absolute atomic E-state index is 9.69. The number of aliphatic imine (C=N–C) groups is 1. The summed E-state index contributed by atoms with van der Waals surface area (Å²) in [7, 11) is 0. The van der Waals surface area contributed by atoms with Crippen molar-refractivity contribution in [3.8, 4) is 0 Å². The molecule has 0 aromatic heterocycles. The van der Waals surface area contributed by atoms with E-state index in [1.165, 1.54) is 5.69 Å². The molecule has 128 valence electrons. The second kappa shape index (κ2) is 9.40. The van der Waals surface area contributed by atoms with E-state index in [0.29, 0.717) is 6.54 Å². The normalized spacial score (nSPS) is 18.3. The third kappa shape index (κ3) is 5.43. The molecule has 2 N–H and O–H groups in total. The van der Waals surface area contributed by atoms with Gasteiger partial charge in [-0.2, -0.15) is 0 Å². The number of rotatable bonds is 7. The lowest BCUT2D eigenvalue weighted by atomic mass is 10.2. The van der Waals surface area contributed by atoms with Gasteiger partial charge in [0.2, 0.25) is 0 Å². The van der Waals surface area contributed by atoms with Crippen molar-refractivity contribution in [2.24, 2.45) is 4.99 Å². The van der Waals surface area contributed by atoms with Crippen LogP contribution in [0, 0.1) is 0 Å². The third-order valence-corrected chi connectivity index (χ3v) is 4.15. The fourth-order valence-electron chi connectivity index (χ4n) is 2.92. The molecular weight excluding hydrogens is 288 g/mol. The first kappa shape index (κ1) is 17.6. The first-order chi connectivity index (χ1) is 11.2. The number of para-hydroxylation sites is 1. The van der Waals surface area contributed by atoms with Crippen molar-refractivity contribution in [1.82, 2.24) is 10.2 Å². The molecule has 23 heavy (non-hydrogen) atoms. The zero-order chi connectivity index (χ0) is 16.5. The second-order valence-electron chi connectivity index (χ2n) is 5.89. The Morgan fingerprint density at radius 1 is 1.35 bits per heavy atom. The van der Waals surface area contributed by atoms with E-state index in [9.17, 15) is 5.11 Å². The van der Waals surface area contributed by atoms with Crippen LogP contribution < -0.4 is 10.2 Å². The van der Waals surface area contributed by atoms with Crippen LogP contribution in [0.15, 0.2) is 35.3 Å². The molecule has 1 atom stereocenters. The zero-order valence-electron chi connectivity index (χ0n) is 14.4. The van der Waals surface area contributed by atoms with E-state index in [0.717, 1.165) is 51.5 Å². The molecule has 0 amide bonds. The standard InChI is InChI=1S/C18H30N4O/c1-3-19-18(22-14-11-17(23)15-22)20-12-8-13-21(4-2)16-9-6-5-7-10-16/h5-7,9-10,17,23H,3-4,8,11-15H2,1-2H3,(H,19,20)/t17-/m1/s1. The van der Waals surface area contributed by atoms with Gasteiger partial charge >= 0.3 is 0 Å². The van der Waals surface area contributed by atoms with Crippen LogP contribution in [0.3, 0.4) is 0 Å². The number of guanidine groups is 1. The molecule has 0 bridgehead atoms. The van der Waals surface area contributed by atoms with Gasteiger partial charge in [0.05, 0.1) is 6.10 Å². The molecule has 0 aliphatic carbocycles. The molecule has 1 aromatic carbocycles. The Balaban J connectivity index is 1.83. The van der Waals surface area contributed by atoms with Gasteiger partial charge < -0.3 is 20.2 Å². The summed E-state index contributed by atoms with van der Waals surface area (Å²) in [5, 5.41) is 13.0. The van der Waals surface area contributed by atoms with Crippen LogP contribution in [0.25, 0.3) is 0 Å². The number of aliphatic hydroxyl groups is 1. The topological polar surface area (TPSA) is 51.1 Å². The molecule has 0 spiro atoms. The summed E-state index contributed by atoms with van der Waals surface area (Å²) in [6.07, 6.45) is 1.64. The van der Waals surface area contributed by atoms with E-state index in [2.05, 4.69) is 59.3 Å². The summed E-state index contributed by atoms with van der Waals surface area (Å²) in [4.78, 5) is 9.26. The first-order valence-corrected chi connectivity index (χ1v) is 8.76. The number of nitrogens with one attached hydrogen (secondary N) is 1. The number of anilines is 1. The number of nitrogens with zero attached hydrogens (tertiary/aromatic N) is 3. The number of hydrogen-bond donors (Lipinski definition) is 2. The van der Waals surface area contributed by atoms with Crippen molar-refractivity contribution in [3.63, 3.8) is 0 Å². The first-order valence-electron chi connectivity index (χ1n) is 8.76.